The Morgan fingerprint density at radius 2 is 1.77 bits per heavy atom. The monoisotopic (exact) mass is 398 g/mol. The van der Waals surface area contributed by atoms with Crippen molar-refractivity contribution in [2.45, 2.75) is 26.3 Å². The number of nitrogens with one attached hydrogen (secondary N) is 1. The van der Waals surface area contributed by atoms with Crippen LogP contribution in [-0.2, 0) is 0 Å². The van der Waals surface area contributed by atoms with Crippen LogP contribution >= 0.6 is 0 Å². The standard InChI is InChI=1S/C25H26N4O/c1-18-16-25(2,3)28(4)22-12-11-19(15-21(18)22)17-26-27-24(30)20-9-5-6-10-23(20)29-13-7-8-14-29/h5-17H,1-4H3,(H,27,30)/b26-17-. The van der Waals surface area contributed by atoms with Crippen LogP contribution in [0.5, 0.6) is 0 Å². The number of benzene rings is 2. The maximum absolute atomic E-state index is 12.7. The van der Waals surface area contributed by atoms with E-state index in [9.17, 15) is 4.79 Å². The number of carbonyl (C=O) groups is 1. The molecule has 1 aliphatic heterocycles. The second-order valence-electron chi connectivity index (χ2n) is 8.12. The largest absolute Gasteiger partial charge is 0.366 e. The van der Waals surface area contributed by atoms with Crippen LogP contribution in [-0.4, -0.2) is 29.3 Å². The van der Waals surface area contributed by atoms with Crippen molar-refractivity contribution in [1.82, 2.24) is 9.99 Å². The lowest BCUT2D eigenvalue weighted by molar-refractivity contribution is 0.0955. The fourth-order valence-electron chi connectivity index (χ4n) is 3.87. The summed E-state index contributed by atoms with van der Waals surface area (Å²) in [5.41, 5.74) is 8.58. The van der Waals surface area contributed by atoms with Gasteiger partial charge in [-0.2, -0.15) is 5.10 Å². The van der Waals surface area contributed by atoms with E-state index in [0.29, 0.717) is 5.56 Å². The minimum Gasteiger partial charge on any atom is -0.366 e. The van der Waals surface area contributed by atoms with Crippen molar-refractivity contribution < 1.29 is 4.79 Å². The number of hydrazone groups is 1. The molecule has 0 saturated carbocycles. The van der Waals surface area contributed by atoms with E-state index >= 15 is 0 Å². The highest BCUT2D eigenvalue weighted by Gasteiger charge is 2.28. The number of aromatic nitrogens is 1. The van der Waals surface area contributed by atoms with Crippen molar-refractivity contribution in [3.8, 4) is 5.69 Å². The van der Waals surface area contributed by atoms with Gasteiger partial charge in [-0.1, -0.05) is 24.3 Å². The second kappa shape index (κ2) is 7.67. The van der Waals surface area contributed by atoms with Gasteiger partial charge in [0.25, 0.3) is 5.91 Å². The van der Waals surface area contributed by atoms with Crippen molar-refractivity contribution >= 4 is 23.4 Å². The lowest BCUT2D eigenvalue weighted by Crippen LogP contribution is -2.42. The third-order valence-electron chi connectivity index (χ3n) is 5.65. The lowest BCUT2D eigenvalue weighted by Gasteiger charge is -2.40. The number of amides is 1. The van der Waals surface area contributed by atoms with E-state index in [4.69, 9.17) is 0 Å². The summed E-state index contributed by atoms with van der Waals surface area (Å²) in [6, 6.07) is 17.6. The fraction of sp³-hybridized carbons (Fsp3) is 0.200. The molecule has 152 valence electrons. The third-order valence-corrected chi connectivity index (χ3v) is 5.65. The minimum atomic E-state index is -0.244. The Balaban J connectivity index is 1.53. The molecule has 0 fully saturated rings. The summed E-state index contributed by atoms with van der Waals surface area (Å²) >= 11 is 0. The van der Waals surface area contributed by atoms with Crippen LogP contribution in [0.25, 0.3) is 11.3 Å². The van der Waals surface area contributed by atoms with Gasteiger partial charge in [-0.25, -0.2) is 5.43 Å². The molecule has 0 aliphatic carbocycles. The molecule has 5 heteroatoms. The van der Waals surface area contributed by atoms with Gasteiger partial charge in [0.05, 0.1) is 23.0 Å². The van der Waals surface area contributed by atoms with Gasteiger partial charge in [-0.3, -0.25) is 4.79 Å². The van der Waals surface area contributed by atoms with Crippen LogP contribution in [0.4, 0.5) is 5.69 Å². The van der Waals surface area contributed by atoms with Crippen molar-refractivity contribution in [2.24, 2.45) is 5.10 Å². The second-order valence-corrected chi connectivity index (χ2v) is 8.12. The predicted octanol–water partition coefficient (Wildman–Crippen LogP) is 4.87. The van der Waals surface area contributed by atoms with Gasteiger partial charge >= 0.3 is 0 Å². The SMILES string of the molecule is CC1=CC(C)(C)N(C)c2ccc(/C=N\NC(=O)c3ccccc3-n3cccc3)cc21. The zero-order valence-electron chi connectivity index (χ0n) is 17.8. The molecule has 1 N–H and O–H groups in total. The predicted molar refractivity (Wildman–Crippen MR) is 123 cm³/mol. The highest BCUT2D eigenvalue weighted by molar-refractivity contribution is 5.98. The number of carbonyl (C=O) groups excluding carboxylic acids is 1. The Hall–Kier alpha value is -3.60. The van der Waals surface area contributed by atoms with Gasteiger partial charge in [0.1, 0.15) is 0 Å². The topological polar surface area (TPSA) is 49.6 Å². The van der Waals surface area contributed by atoms with E-state index in [-0.39, 0.29) is 11.4 Å². The number of likely N-dealkylation sites (N-methyl/N-ethyl adjacent to an activating group) is 1. The Morgan fingerprint density at radius 3 is 2.53 bits per heavy atom. The van der Waals surface area contributed by atoms with E-state index in [1.54, 1.807) is 12.3 Å². The van der Waals surface area contributed by atoms with Crippen LogP contribution in [0.1, 0.15) is 42.3 Å². The summed E-state index contributed by atoms with van der Waals surface area (Å²) in [4.78, 5) is 15.0. The van der Waals surface area contributed by atoms with Crippen molar-refractivity contribution in [1.29, 1.82) is 0 Å². The summed E-state index contributed by atoms with van der Waals surface area (Å²) in [5.74, 6) is -0.244. The molecule has 0 spiro atoms. The molecule has 2 aromatic carbocycles. The molecular weight excluding hydrogens is 372 g/mol. The lowest BCUT2D eigenvalue weighted by atomic mass is 9.89. The zero-order chi connectivity index (χ0) is 21.3. The maximum Gasteiger partial charge on any atom is 0.273 e. The Bertz CT molecular complexity index is 1140. The molecule has 4 rings (SSSR count). The summed E-state index contributed by atoms with van der Waals surface area (Å²) in [7, 11) is 2.11. The smallest absolute Gasteiger partial charge is 0.273 e. The van der Waals surface area contributed by atoms with E-state index < -0.39 is 0 Å². The molecule has 0 atom stereocenters. The molecule has 3 aromatic rings. The summed E-state index contributed by atoms with van der Waals surface area (Å²) in [6.07, 6.45) is 7.78. The molecule has 1 aliphatic rings. The van der Waals surface area contributed by atoms with E-state index in [2.05, 4.69) is 61.5 Å². The van der Waals surface area contributed by atoms with Crippen molar-refractivity contribution in [2.75, 3.05) is 11.9 Å². The first kappa shape index (κ1) is 19.7. The Morgan fingerprint density at radius 1 is 1.03 bits per heavy atom. The number of allylic oxidation sites excluding steroid dienone is 1. The molecule has 1 aromatic heterocycles. The molecule has 0 radical (unpaired) electrons. The number of rotatable bonds is 4. The highest BCUT2D eigenvalue weighted by atomic mass is 16.2. The van der Waals surface area contributed by atoms with E-state index in [1.165, 1.54) is 16.8 Å². The normalized spacial score (nSPS) is 15.1. The van der Waals surface area contributed by atoms with Gasteiger partial charge in [0.15, 0.2) is 0 Å². The number of hydrogen-bond donors (Lipinski definition) is 1. The fourth-order valence-corrected chi connectivity index (χ4v) is 3.87. The number of fused-ring (bicyclic) bond motifs is 1. The van der Waals surface area contributed by atoms with Gasteiger partial charge in [0.2, 0.25) is 0 Å². The van der Waals surface area contributed by atoms with Crippen LogP contribution in [0.2, 0.25) is 0 Å². The zero-order valence-corrected chi connectivity index (χ0v) is 17.8. The number of para-hydroxylation sites is 1. The number of hydrogen-bond acceptors (Lipinski definition) is 3. The first-order chi connectivity index (χ1) is 14.4. The van der Waals surface area contributed by atoms with Crippen LogP contribution in [0.15, 0.2) is 78.2 Å². The third kappa shape index (κ3) is 3.66. The average molecular weight is 399 g/mol. The number of anilines is 1. The first-order valence-corrected chi connectivity index (χ1v) is 10.0. The number of nitrogens with zero attached hydrogens (tertiary/aromatic N) is 3. The van der Waals surface area contributed by atoms with Crippen molar-refractivity contribution in [3.05, 3.63) is 89.8 Å². The minimum absolute atomic E-state index is 0.0201. The molecular formula is C25H26N4O. The van der Waals surface area contributed by atoms with Gasteiger partial charge in [0, 0.05) is 30.7 Å². The highest BCUT2D eigenvalue weighted by Crippen LogP contribution is 2.37. The van der Waals surface area contributed by atoms with Gasteiger partial charge in [-0.05, 0) is 68.3 Å². The van der Waals surface area contributed by atoms with Gasteiger partial charge < -0.3 is 9.47 Å². The summed E-state index contributed by atoms with van der Waals surface area (Å²) in [5, 5.41) is 4.20. The maximum atomic E-state index is 12.7. The van der Waals surface area contributed by atoms with Gasteiger partial charge in [-0.15, -0.1) is 0 Å². The van der Waals surface area contributed by atoms with Crippen LogP contribution in [0, 0.1) is 0 Å². The molecule has 1 amide bonds. The molecule has 0 unspecified atom stereocenters. The van der Waals surface area contributed by atoms with E-state index in [0.717, 1.165) is 11.3 Å². The van der Waals surface area contributed by atoms with Crippen molar-refractivity contribution in [3.63, 3.8) is 0 Å². The molecule has 5 nitrogen and oxygen atoms in total. The summed E-state index contributed by atoms with van der Waals surface area (Å²) in [6.45, 7) is 6.54. The molecule has 0 saturated heterocycles. The van der Waals surface area contributed by atoms with Crippen LogP contribution < -0.4 is 10.3 Å². The first-order valence-electron chi connectivity index (χ1n) is 10.0. The molecule has 30 heavy (non-hydrogen) atoms. The molecule has 2 heterocycles. The quantitative estimate of drug-likeness (QED) is 0.503. The molecule has 0 bridgehead atoms. The Kier molecular flexibility index (Phi) is 5.04. The van der Waals surface area contributed by atoms with E-state index in [1.807, 2.05) is 53.4 Å². The van der Waals surface area contributed by atoms with Crippen LogP contribution in [0.3, 0.4) is 0 Å². The summed E-state index contributed by atoms with van der Waals surface area (Å²) < 4.78 is 1.91. The average Bonchev–Trinajstić information content (AvgIpc) is 3.26. The Labute approximate surface area is 177 Å².